The van der Waals surface area contributed by atoms with E-state index in [4.69, 9.17) is 9.52 Å². The molecule has 1 rings (SSSR count). The smallest absolute Gasteiger partial charge is 0.129 e. The van der Waals surface area contributed by atoms with E-state index >= 15 is 0 Å². The van der Waals surface area contributed by atoms with E-state index in [1.54, 1.807) is 12.1 Å². The van der Waals surface area contributed by atoms with Crippen LogP contribution in [0.1, 0.15) is 11.5 Å². The van der Waals surface area contributed by atoms with Gasteiger partial charge in [-0.25, -0.2) is 0 Å². The Labute approximate surface area is 47.7 Å². The third-order valence-corrected chi connectivity index (χ3v) is 0.873. The highest BCUT2D eigenvalue weighted by Gasteiger charge is 1.92. The van der Waals surface area contributed by atoms with Gasteiger partial charge in [0.25, 0.3) is 0 Å². The van der Waals surface area contributed by atoms with Gasteiger partial charge in [-0.3, -0.25) is 0 Å². The van der Waals surface area contributed by atoms with Crippen molar-refractivity contribution in [1.82, 2.24) is 0 Å². The Morgan fingerprint density at radius 3 is 2.62 bits per heavy atom. The summed E-state index contributed by atoms with van der Waals surface area (Å²) < 4.78 is 4.87. The molecule has 8 heavy (non-hydrogen) atoms. The first-order chi connectivity index (χ1) is 3.83. The Hall–Kier alpha value is -0.760. The van der Waals surface area contributed by atoms with E-state index in [1.807, 2.05) is 0 Å². The fraction of sp³-hybridized carbons (Fsp3) is 0.167. The van der Waals surface area contributed by atoms with Crippen molar-refractivity contribution in [3.05, 3.63) is 30.6 Å². The summed E-state index contributed by atoms with van der Waals surface area (Å²) in [4.78, 5) is 0. The minimum absolute atomic E-state index is 0.0461. The maximum absolute atomic E-state index is 8.43. The maximum atomic E-state index is 8.43. The topological polar surface area (TPSA) is 33.4 Å². The van der Waals surface area contributed by atoms with Crippen LogP contribution in [-0.4, -0.2) is 5.11 Å². The lowest BCUT2D eigenvalue weighted by Crippen LogP contribution is -1.73. The Balaban J connectivity index is 2.84. The zero-order valence-electron chi connectivity index (χ0n) is 4.42. The third-order valence-electron chi connectivity index (χ3n) is 0.873. The summed E-state index contributed by atoms with van der Waals surface area (Å²) in [6.07, 6.45) is 0. The number of furan rings is 1. The average molecular weight is 111 g/mol. The zero-order valence-corrected chi connectivity index (χ0v) is 4.42. The molecule has 0 fully saturated rings. The Morgan fingerprint density at radius 2 is 2.38 bits per heavy atom. The van der Waals surface area contributed by atoms with E-state index in [-0.39, 0.29) is 6.61 Å². The van der Waals surface area contributed by atoms with Crippen LogP contribution in [0.25, 0.3) is 0 Å². The fourth-order valence-electron chi connectivity index (χ4n) is 0.507. The molecule has 1 radical (unpaired) electrons. The molecule has 1 heterocycles. The molecule has 1 aromatic heterocycles. The van der Waals surface area contributed by atoms with E-state index in [0.717, 1.165) is 0 Å². The molecule has 0 aliphatic heterocycles. The lowest BCUT2D eigenvalue weighted by Gasteiger charge is -1.82. The first kappa shape index (κ1) is 5.38. The Morgan fingerprint density at radius 1 is 1.62 bits per heavy atom. The summed E-state index contributed by atoms with van der Waals surface area (Å²) in [5.74, 6) is 1.16. The third kappa shape index (κ3) is 0.898. The maximum Gasteiger partial charge on any atom is 0.129 e. The van der Waals surface area contributed by atoms with E-state index in [9.17, 15) is 0 Å². The first-order valence-corrected chi connectivity index (χ1v) is 2.34. The predicted molar refractivity (Wildman–Crippen MR) is 29.1 cm³/mol. The van der Waals surface area contributed by atoms with Crippen LogP contribution >= 0.6 is 0 Å². The normalized spacial score (nSPS) is 9.75. The summed E-state index contributed by atoms with van der Waals surface area (Å²) in [5.41, 5.74) is 0. The predicted octanol–water partition coefficient (Wildman–Crippen LogP) is 0.954. The minimum atomic E-state index is -0.0461. The van der Waals surface area contributed by atoms with Gasteiger partial charge >= 0.3 is 0 Å². The van der Waals surface area contributed by atoms with Crippen LogP contribution in [0.15, 0.2) is 16.5 Å². The van der Waals surface area contributed by atoms with Gasteiger partial charge in [-0.2, -0.15) is 0 Å². The van der Waals surface area contributed by atoms with Crippen LogP contribution in [0.2, 0.25) is 0 Å². The van der Waals surface area contributed by atoms with Gasteiger partial charge in [-0.1, -0.05) is 0 Å². The van der Waals surface area contributed by atoms with Crippen LogP contribution in [0, 0.1) is 6.92 Å². The summed E-state index contributed by atoms with van der Waals surface area (Å²) in [6.45, 7) is 3.47. The summed E-state index contributed by atoms with van der Waals surface area (Å²) in [6, 6.07) is 3.41. The average Bonchev–Trinajstić information content (AvgIpc) is 2.14. The van der Waals surface area contributed by atoms with Crippen molar-refractivity contribution >= 4 is 0 Å². The molecular weight excluding hydrogens is 104 g/mol. The first-order valence-electron chi connectivity index (χ1n) is 2.34. The fourth-order valence-corrected chi connectivity index (χ4v) is 0.507. The number of hydrogen-bond donors (Lipinski definition) is 1. The van der Waals surface area contributed by atoms with E-state index in [0.29, 0.717) is 11.5 Å². The van der Waals surface area contributed by atoms with Gasteiger partial charge in [-0.05, 0) is 12.1 Å². The number of aliphatic hydroxyl groups excluding tert-OH is 1. The van der Waals surface area contributed by atoms with E-state index < -0.39 is 0 Å². The Bertz CT molecular complexity index is 167. The van der Waals surface area contributed by atoms with Crippen LogP contribution < -0.4 is 0 Å². The zero-order chi connectivity index (χ0) is 5.98. The highest BCUT2D eigenvalue weighted by molar-refractivity contribution is 5.07. The van der Waals surface area contributed by atoms with Crippen molar-refractivity contribution < 1.29 is 9.52 Å². The molecule has 0 atom stereocenters. The molecule has 0 saturated heterocycles. The molecule has 0 saturated carbocycles. The van der Waals surface area contributed by atoms with Gasteiger partial charge < -0.3 is 9.52 Å². The minimum Gasteiger partial charge on any atom is -0.464 e. The van der Waals surface area contributed by atoms with Crippen LogP contribution in [0.4, 0.5) is 0 Å². The van der Waals surface area contributed by atoms with E-state index in [1.165, 1.54) is 0 Å². The second-order valence-corrected chi connectivity index (χ2v) is 1.53. The van der Waals surface area contributed by atoms with Crippen molar-refractivity contribution in [3.63, 3.8) is 0 Å². The van der Waals surface area contributed by atoms with Crippen LogP contribution in [0.5, 0.6) is 0 Å². The highest BCUT2D eigenvalue weighted by Crippen LogP contribution is 2.04. The van der Waals surface area contributed by atoms with Crippen LogP contribution in [0.3, 0.4) is 0 Å². The molecule has 1 N–H and O–H groups in total. The number of aliphatic hydroxyl groups is 1. The summed E-state index contributed by atoms with van der Waals surface area (Å²) in [7, 11) is 0. The Kier molecular flexibility index (Phi) is 1.35. The lowest BCUT2D eigenvalue weighted by atomic mass is 10.4. The summed E-state index contributed by atoms with van der Waals surface area (Å²) in [5, 5.41) is 8.43. The summed E-state index contributed by atoms with van der Waals surface area (Å²) >= 11 is 0. The molecule has 1 aromatic rings. The molecular formula is C6H7O2. The largest absolute Gasteiger partial charge is 0.464 e. The quantitative estimate of drug-likeness (QED) is 0.585. The van der Waals surface area contributed by atoms with Crippen molar-refractivity contribution in [3.8, 4) is 0 Å². The number of hydrogen-bond acceptors (Lipinski definition) is 2. The van der Waals surface area contributed by atoms with Crippen LogP contribution in [-0.2, 0) is 6.61 Å². The van der Waals surface area contributed by atoms with Crippen molar-refractivity contribution in [2.45, 2.75) is 6.61 Å². The second kappa shape index (κ2) is 2.01. The molecule has 2 heteroatoms. The SMILES string of the molecule is [CH2]c1ccc(CO)o1. The number of rotatable bonds is 1. The van der Waals surface area contributed by atoms with Gasteiger partial charge in [-0.15, -0.1) is 0 Å². The van der Waals surface area contributed by atoms with Crippen molar-refractivity contribution in [2.75, 3.05) is 0 Å². The van der Waals surface area contributed by atoms with Gasteiger partial charge in [0.2, 0.25) is 0 Å². The van der Waals surface area contributed by atoms with E-state index in [2.05, 4.69) is 6.92 Å². The molecule has 0 aliphatic rings. The molecule has 43 valence electrons. The van der Waals surface area contributed by atoms with Gasteiger partial charge in [0, 0.05) is 6.92 Å². The molecule has 0 amide bonds. The lowest BCUT2D eigenvalue weighted by molar-refractivity contribution is 0.246. The molecule has 0 spiro atoms. The highest BCUT2D eigenvalue weighted by atomic mass is 16.4. The molecule has 0 bridgehead atoms. The molecule has 0 aliphatic carbocycles. The molecule has 0 aromatic carbocycles. The van der Waals surface area contributed by atoms with Crippen molar-refractivity contribution in [1.29, 1.82) is 0 Å². The molecule has 2 nitrogen and oxygen atoms in total. The van der Waals surface area contributed by atoms with Crippen molar-refractivity contribution in [2.24, 2.45) is 0 Å². The second-order valence-electron chi connectivity index (χ2n) is 1.53. The molecule has 0 unspecified atom stereocenters. The standard InChI is InChI=1S/C6H7O2/c1-5-2-3-6(4-7)8-5/h2-3,7H,1,4H2. The van der Waals surface area contributed by atoms with Gasteiger partial charge in [0.05, 0.1) is 0 Å². The van der Waals surface area contributed by atoms with Gasteiger partial charge in [0.1, 0.15) is 18.1 Å². The van der Waals surface area contributed by atoms with Gasteiger partial charge in [0.15, 0.2) is 0 Å². The monoisotopic (exact) mass is 111 g/mol.